The van der Waals surface area contributed by atoms with E-state index in [0.29, 0.717) is 17.8 Å². The number of hydrogen-bond donors (Lipinski definition) is 1. The van der Waals surface area contributed by atoms with E-state index in [2.05, 4.69) is 10.4 Å². The summed E-state index contributed by atoms with van der Waals surface area (Å²) in [5, 5.41) is 6.88. The Hall–Kier alpha value is -1.75. The van der Waals surface area contributed by atoms with Gasteiger partial charge in [-0.05, 0) is 19.2 Å². The van der Waals surface area contributed by atoms with Gasteiger partial charge >= 0.3 is 0 Å². The molecule has 1 aromatic carbocycles. The van der Waals surface area contributed by atoms with Crippen LogP contribution in [0.1, 0.15) is 17.7 Å². The van der Waals surface area contributed by atoms with Crippen molar-refractivity contribution in [2.75, 3.05) is 7.05 Å². The lowest BCUT2D eigenvalue weighted by molar-refractivity contribution is 0.141. The summed E-state index contributed by atoms with van der Waals surface area (Å²) in [6.45, 7) is 0.381. The molecule has 1 N–H and O–H groups in total. The number of rotatable bonds is 4. The molecule has 0 atom stereocenters. The molecule has 1 aromatic heterocycles. The second kappa shape index (κ2) is 5.05. The van der Waals surface area contributed by atoms with Gasteiger partial charge in [-0.15, -0.1) is 0 Å². The van der Waals surface area contributed by atoms with Crippen LogP contribution in [-0.4, -0.2) is 16.8 Å². The van der Waals surface area contributed by atoms with E-state index in [4.69, 9.17) is 0 Å². The molecular weight excluding hydrogens is 224 g/mol. The topological polar surface area (TPSA) is 29.9 Å². The number of alkyl halides is 2. The summed E-state index contributed by atoms with van der Waals surface area (Å²) in [5.74, 6) is 0. The number of hydrogen-bond acceptors (Lipinski definition) is 2. The molecular formula is C12H13F2N3. The van der Waals surface area contributed by atoms with Gasteiger partial charge in [0.15, 0.2) is 0 Å². The average molecular weight is 237 g/mol. The van der Waals surface area contributed by atoms with Crippen LogP contribution in [-0.2, 0) is 6.54 Å². The quantitative estimate of drug-likeness (QED) is 0.885. The zero-order valence-electron chi connectivity index (χ0n) is 9.40. The fraction of sp³-hybridized carbons (Fsp3) is 0.250. The van der Waals surface area contributed by atoms with Crippen LogP contribution in [0.2, 0.25) is 0 Å². The minimum Gasteiger partial charge on any atom is -0.316 e. The van der Waals surface area contributed by atoms with E-state index in [1.54, 1.807) is 31.3 Å². The van der Waals surface area contributed by atoms with E-state index in [1.807, 2.05) is 6.07 Å². The van der Waals surface area contributed by atoms with Gasteiger partial charge in [0.05, 0.1) is 11.9 Å². The van der Waals surface area contributed by atoms with E-state index < -0.39 is 6.43 Å². The van der Waals surface area contributed by atoms with Crippen molar-refractivity contribution in [1.29, 1.82) is 0 Å². The van der Waals surface area contributed by atoms with Crippen LogP contribution in [0, 0.1) is 0 Å². The first-order valence-corrected chi connectivity index (χ1v) is 5.29. The molecule has 0 aliphatic carbocycles. The highest BCUT2D eigenvalue weighted by atomic mass is 19.3. The van der Waals surface area contributed by atoms with E-state index in [-0.39, 0.29) is 5.69 Å². The summed E-state index contributed by atoms with van der Waals surface area (Å²) < 4.78 is 27.4. The number of halogens is 2. The SMILES string of the molecule is CNCc1cnn(-c2ccccc2)c1C(F)F. The molecule has 2 aromatic rings. The van der Waals surface area contributed by atoms with Crippen molar-refractivity contribution in [3.05, 3.63) is 47.8 Å². The van der Waals surface area contributed by atoms with Crippen LogP contribution in [0.3, 0.4) is 0 Å². The van der Waals surface area contributed by atoms with Crippen molar-refractivity contribution in [3.63, 3.8) is 0 Å². The summed E-state index contributed by atoms with van der Waals surface area (Å²) in [6.07, 6.45) is -1.06. The highest BCUT2D eigenvalue weighted by Crippen LogP contribution is 2.25. The first kappa shape index (κ1) is 11.7. The Morgan fingerprint density at radius 3 is 2.59 bits per heavy atom. The Morgan fingerprint density at radius 2 is 2.00 bits per heavy atom. The highest BCUT2D eigenvalue weighted by molar-refractivity contribution is 5.35. The number of para-hydroxylation sites is 1. The van der Waals surface area contributed by atoms with Gasteiger partial charge in [0.2, 0.25) is 0 Å². The van der Waals surface area contributed by atoms with E-state index in [0.717, 1.165) is 0 Å². The predicted molar refractivity (Wildman–Crippen MR) is 61.3 cm³/mol. The summed E-state index contributed by atoms with van der Waals surface area (Å²) in [6, 6.07) is 8.93. The fourth-order valence-electron chi connectivity index (χ4n) is 1.73. The molecule has 0 unspecified atom stereocenters. The van der Waals surface area contributed by atoms with Gasteiger partial charge in [0, 0.05) is 12.1 Å². The largest absolute Gasteiger partial charge is 0.316 e. The molecule has 0 aliphatic heterocycles. The Balaban J connectivity index is 2.48. The maximum Gasteiger partial charge on any atom is 0.280 e. The summed E-state index contributed by atoms with van der Waals surface area (Å²) in [7, 11) is 1.72. The number of benzene rings is 1. The summed E-state index contributed by atoms with van der Waals surface area (Å²) >= 11 is 0. The summed E-state index contributed by atoms with van der Waals surface area (Å²) in [4.78, 5) is 0. The predicted octanol–water partition coefficient (Wildman–Crippen LogP) is 2.53. The Morgan fingerprint density at radius 1 is 1.29 bits per heavy atom. The monoisotopic (exact) mass is 237 g/mol. The molecule has 0 radical (unpaired) electrons. The third-order valence-corrected chi connectivity index (χ3v) is 2.46. The molecule has 0 bridgehead atoms. The molecule has 0 amide bonds. The standard InChI is InChI=1S/C12H13F2N3/c1-15-7-9-8-16-17(11(9)12(13)14)10-5-3-2-4-6-10/h2-6,8,12,15H,7H2,1H3. The molecule has 0 spiro atoms. The number of aromatic nitrogens is 2. The van der Waals surface area contributed by atoms with Crippen molar-refractivity contribution >= 4 is 0 Å². The van der Waals surface area contributed by atoms with Crippen molar-refractivity contribution in [1.82, 2.24) is 15.1 Å². The molecule has 0 saturated heterocycles. The van der Waals surface area contributed by atoms with Crippen LogP contribution in [0.5, 0.6) is 0 Å². The molecule has 0 saturated carbocycles. The van der Waals surface area contributed by atoms with Gasteiger partial charge in [-0.3, -0.25) is 0 Å². The molecule has 5 heteroatoms. The average Bonchev–Trinajstić information content (AvgIpc) is 2.74. The van der Waals surface area contributed by atoms with E-state index >= 15 is 0 Å². The van der Waals surface area contributed by atoms with Gasteiger partial charge in [-0.25, -0.2) is 13.5 Å². The second-order valence-corrected chi connectivity index (χ2v) is 3.63. The molecule has 90 valence electrons. The van der Waals surface area contributed by atoms with E-state index in [9.17, 15) is 8.78 Å². The molecule has 2 rings (SSSR count). The summed E-state index contributed by atoms with van der Waals surface area (Å²) in [5.41, 5.74) is 1.11. The lowest BCUT2D eigenvalue weighted by Crippen LogP contribution is -2.09. The molecule has 0 fully saturated rings. The van der Waals surface area contributed by atoms with Gasteiger partial charge in [-0.1, -0.05) is 18.2 Å². The molecule has 17 heavy (non-hydrogen) atoms. The normalized spacial score (nSPS) is 11.1. The van der Waals surface area contributed by atoms with Crippen molar-refractivity contribution < 1.29 is 8.78 Å². The van der Waals surface area contributed by atoms with Gasteiger partial charge in [0.25, 0.3) is 6.43 Å². The number of nitrogens with zero attached hydrogens (tertiary/aromatic N) is 2. The van der Waals surface area contributed by atoms with Crippen LogP contribution < -0.4 is 5.32 Å². The van der Waals surface area contributed by atoms with Crippen molar-refractivity contribution in [2.24, 2.45) is 0 Å². The third-order valence-electron chi connectivity index (χ3n) is 2.46. The minimum absolute atomic E-state index is 0.0504. The fourth-order valence-corrected chi connectivity index (χ4v) is 1.73. The number of nitrogens with one attached hydrogen (secondary N) is 1. The van der Waals surface area contributed by atoms with Gasteiger partial charge in [-0.2, -0.15) is 5.10 Å². The van der Waals surface area contributed by atoms with Crippen LogP contribution >= 0.6 is 0 Å². The van der Waals surface area contributed by atoms with E-state index in [1.165, 1.54) is 10.9 Å². The Kier molecular flexibility index (Phi) is 3.49. The lowest BCUT2D eigenvalue weighted by atomic mass is 10.2. The van der Waals surface area contributed by atoms with Gasteiger partial charge < -0.3 is 5.32 Å². The molecule has 3 nitrogen and oxygen atoms in total. The Bertz CT molecular complexity index is 480. The molecule has 0 aliphatic rings. The highest BCUT2D eigenvalue weighted by Gasteiger charge is 2.20. The maximum absolute atomic E-state index is 13.0. The van der Waals surface area contributed by atoms with Crippen LogP contribution in [0.25, 0.3) is 5.69 Å². The zero-order chi connectivity index (χ0) is 12.3. The van der Waals surface area contributed by atoms with Crippen LogP contribution in [0.4, 0.5) is 8.78 Å². The first-order chi connectivity index (χ1) is 8.24. The zero-order valence-corrected chi connectivity index (χ0v) is 9.40. The van der Waals surface area contributed by atoms with Crippen molar-refractivity contribution in [2.45, 2.75) is 13.0 Å². The van der Waals surface area contributed by atoms with Crippen LogP contribution in [0.15, 0.2) is 36.5 Å². The smallest absolute Gasteiger partial charge is 0.280 e. The lowest BCUT2D eigenvalue weighted by Gasteiger charge is -2.08. The Labute approximate surface area is 98.1 Å². The maximum atomic E-state index is 13.0. The first-order valence-electron chi connectivity index (χ1n) is 5.29. The van der Waals surface area contributed by atoms with Gasteiger partial charge in [0.1, 0.15) is 5.69 Å². The third kappa shape index (κ3) is 2.34. The van der Waals surface area contributed by atoms with Crippen molar-refractivity contribution in [3.8, 4) is 5.69 Å². The minimum atomic E-state index is -2.54. The second-order valence-electron chi connectivity index (χ2n) is 3.63. The molecule has 1 heterocycles.